The van der Waals surface area contributed by atoms with Gasteiger partial charge in [0, 0.05) is 6.54 Å². The van der Waals surface area contributed by atoms with Gasteiger partial charge in [0.1, 0.15) is 0 Å². The van der Waals surface area contributed by atoms with Crippen LogP contribution in [0.3, 0.4) is 0 Å². The van der Waals surface area contributed by atoms with Crippen LogP contribution in [0.2, 0.25) is 0 Å². The first-order valence-corrected chi connectivity index (χ1v) is 9.58. The van der Waals surface area contributed by atoms with Gasteiger partial charge in [-0.2, -0.15) is 0 Å². The molecule has 0 spiro atoms. The fourth-order valence-corrected chi connectivity index (χ4v) is 3.93. The Morgan fingerprint density at radius 1 is 1.04 bits per heavy atom. The first-order chi connectivity index (χ1) is 11.3. The van der Waals surface area contributed by atoms with E-state index >= 15 is 0 Å². The molecule has 4 nitrogen and oxygen atoms in total. The highest BCUT2D eigenvalue weighted by Crippen LogP contribution is 2.19. The second-order valence-corrected chi connectivity index (χ2v) is 8.21. The molecule has 0 aliphatic heterocycles. The largest absolute Gasteiger partial charge is 0.348 e. The molecule has 2 aromatic carbocycles. The molecule has 0 radical (unpaired) electrons. The summed E-state index contributed by atoms with van der Waals surface area (Å²) in [5.41, 5.74) is 4.66. The predicted molar refractivity (Wildman–Crippen MR) is 96.0 cm³/mol. The number of aryl methyl sites for hydroxylation is 3. The molecular weight excluding hydrogens is 322 g/mol. The third kappa shape index (κ3) is 3.85. The van der Waals surface area contributed by atoms with Gasteiger partial charge in [-0.3, -0.25) is 4.79 Å². The third-order valence-electron chi connectivity index (χ3n) is 4.11. The van der Waals surface area contributed by atoms with Crippen LogP contribution in [0.1, 0.15) is 39.5 Å². The zero-order valence-electron chi connectivity index (χ0n) is 14.5. The highest BCUT2D eigenvalue weighted by molar-refractivity contribution is 7.91. The smallest absolute Gasteiger partial charge is 0.252 e. The van der Waals surface area contributed by atoms with Gasteiger partial charge >= 0.3 is 0 Å². The zero-order valence-corrected chi connectivity index (χ0v) is 15.3. The Labute approximate surface area is 143 Å². The summed E-state index contributed by atoms with van der Waals surface area (Å²) in [5.74, 6) is -0.407. The number of benzene rings is 2. The van der Waals surface area contributed by atoms with Crippen LogP contribution in [0.15, 0.2) is 41.3 Å². The lowest BCUT2D eigenvalue weighted by Crippen LogP contribution is -2.25. The average molecular weight is 345 g/mol. The van der Waals surface area contributed by atoms with Crippen molar-refractivity contribution >= 4 is 15.7 Å². The molecule has 0 bridgehead atoms. The number of nitrogens with one attached hydrogen (secondary N) is 1. The minimum Gasteiger partial charge on any atom is -0.348 e. The summed E-state index contributed by atoms with van der Waals surface area (Å²) >= 11 is 0. The Kier molecular flexibility index (Phi) is 5.44. The summed E-state index contributed by atoms with van der Waals surface area (Å²) in [5, 5.41) is 2.85. The van der Waals surface area contributed by atoms with E-state index in [1.54, 1.807) is 25.1 Å². The van der Waals surface area contributed by atoms with E-state index in [1.807, 2.05) is 20.8 Å². The maximum Gasteiger partial charge on any atom is 0.252 e. The predicted octanol–water partition coefficient (Wildman–Crippen LogP) is 3.34. The second-order valence-electron chi connectivity index (χ2n) is 5.96. The molecule has 0 aliphatic rings. The van der Waals surface area contributed by atoms with Crippen molar-refractivity contribution in [3.05, 3.63) is 64.2 Å². The van der Waals surface area contributed by atoms with Gasteiger partial charge in [-0.25, -0.2) is 8.42 Å². The first-order valence-electron chi connectivity index (χ1n) is 7.93. The van der Waals surface area contributed by atoms with E-state index < -0.39 is 9.84 Å². The second kappa shape index (κ2) is 7.18. The Hall–Kier alpha value is -2.14. The molecule has 0 atom stereocenters. The molecule has 2 aromatic rings. The molecule has 0 unspecified atom stereocenters. The van der Waals surface area contributed by atoms with Crippen molar-refractivity contribution in [2.24, 2.45) is 0 Å². The Bertz CT molecular complexity index is 847. The molecule has 5 heteroatoms. The minimum absolute atomic E-state index is 0.0343. The summed E-state index contributed by atoms with van der Waals surface area (Å²) in [4.78, 5) is 12.6. The van der Waals surface area contributed by atoms with Crippen molar-refractivity contribution in [2.75, 3.05) is 5.75 Å². The molecule has 0 aromatic heterocycles. The number of carbonyl (C=O) groups excluding carboxylic acids is 1. The van der Waals surface area contributed by atoms with Gasteiger partial charge in [0.05, 0.1) is 16.2 Å². The van der Waals surface area contributed by atoms with E-state index in [2.05, 4.69) is 17.4 Å². The van der Waals surface area contributed by atoms with Crippen LogP contribution in [0.5, 0.6) is 0 Å². The number of carbonyl (C=O) groups is 1. The van der Waals surface area contributed by atoms with Gasteiger partial charge in [-0.05, 0) is 49.6 Å². The van der Waals surface area contributed by atoms with Crippen molar-refractivity contribution in [3.63, 3.8) is 0 Å². The lowest BCUT2D eigenvalue weighted by atomic mass is 10.00. The third-order valence-corrected chi connectivity index (χ3v) is 5.90. The maximum atomic E-state index is 12.5. The number of amides is 1. The topological polar surface area (TPSA) is 63.2 Å². The molecule has 1 N–H and O–H groups in total. The number of hydrogen-bond acceptors (Lipinski definition) is 3. The van der Waals surface area contributed by atoms with Crippen LogP contribution < -0.4 is 5.32 Å². The van der Waals surface area contributed by atoms with E-state index in [1.165, 1.54) is 11.6 Å². The Morgan fingerprint density at radius 3 is 2.21 bits per heavy atom. The van der Waals surface area contributed by atoms with E-state index in [9.17, 15) is 13.2 Å². The summed E-state index contributed by atoms with van der Waals surface area (Å²) < 4.78 is 24.3. The fraction of sp³-hybridized carbons (Fsp3) is 0.316. The molecule has 0 aliphatic carbocycles. The van der Waals surface area contributed by atoms with Crippen molar-refractivity contribution in [3.8, 4) is 0 Å². The van der Waals surface area contributed by atoms with E-state index in [0.717, 1.165) is 16.7 Å². The molecular formula is C19H23NO3S. The van der Waals surface area contributed by atoms with Gasteiger partial charge in [0.15, 0.2) is 9.84 Å². The van der Waals surface area contributed by atoms with E-state index in [-0.39, 0.29) is 22.1 Å². The van der Waals surface area contributed by atoms with Crippen LogP contribution in [-0.4, -0.2) is 20.1 Å². The van der Waals surface area contributed by atoms with Crippen LogP contribution in [0.25, 0.3) is 0 Å². The molecule has 24 heavy (non-hydrogen) atoms. The molecule has 0 saturated heterocycles. The van der Waals surface area contributed by atoms with Gasteiger partial charge in [0.2, 0.25) is 0 Å². The van der Waals surface area contributed by atoms with Crippen LogP contribution in [-0.2, 0) is 16.4 Å². The lowest BCUT2D eigenvalue weighted by Gasteiger charge is -2.14. The van der Waals surface area contributed by atoms with Crippen molar-refractivity contribution in [2.45, 2.75) is 39.1 Å². The summed E-state index contributed by atoms with van der Waals surface area (Å²) in [6.07, 6.45) is 0. The average Bonchev–Trinajstić information content (AvgIpc) is 2.53. The van der Waals surface area contributed by atoms with Crippen LogP contribution >= 0.6 is 0 Å². The van der Waals surface area contributed by atoms with Gasteiger partial charge in [0.25, 0.3) is 5.91 Å². The summed E-state index contributed by atoms with van der Waals surface area (Å²) in [7, 11) is -3.44. The highest BCUT2D eigenvalue weighted by atomic mass is 32.2. The minimum atomic E-state index is -3.44. The normalized spacial score (nSPS) is 11.3. The molecule has 0 heterocycles. The highest BCUT2D eigenvalue weighted by Gasteiger charge is 2.20. The quantitative estimate of drug-likeness (QED) is 0.904. The number of rotatable bonds is 5. The number of sulfone groups is 1. The van der Waals surface area contributed by atoms with Crippen molar-refractivity contribution in [1.29, 1.82) is 0 Å². The monoisotopic (exact) mass is 345 g/mol. The molecule has 2 rings (SSSR count). The Morgan fingerprint density at radius 2 is 1.62 bits per heavy atom. The lowest BCUT2D eigenvalue weighted by molar-refractivity contribution is 0.0947. The summed E-state index contributed by atoms with van der Waals surface area (Å²) in [6, 6.07) is 10.5. The van der Waals surface area contributed by atoms with E-state index in [0.29, 0.717) is 6.54 Å². The maximum absolute atomic E-state index is 12.5. The van der Waals surface area contributed by atoms with E-state index in [4.69, 9.17) is 0 Å². The first kappa shape index (κ1) is 18.2. The standard InChI is InChI=1S/C19H23NO3S/c1-5-24(22,23)18-9-7-6-8-16(18)19(21)20-12-17-14(3)10-13(2)11-15(17)4/h6-11H,5,12H2,1-4H3,(H,20,21). The molecule has 128 valence electrons. The van der Waals surface area contributed by atoms with Gasteiger partial charge < -0.3 is 5.32 Å². The fourth-order valence-electron chi connectivity index (χ4n) is 2.83. The SMILES string of the molecule is CCS(=O)(=O)c1ccccc1C(=O)NCc1c(C)cc(C)cc1C. The number of hydrogen-bond donors (Lipinski definition) is 1. The molecule has 0 saturated carbocycles. The summed E-state index contributed by atoms with van der Waals surface area (Å²) in [6.45, 7) is 8.00. The van der Waals surface area contributed by atoms with Gasteiger partial charge in [-0.1, -0.05) is 36.8 Å². The zero-order chi connectivity index (χ0) is 17.9. The van der Waals surface area contributed by atoms with Crippen LogP contribution in [0, 0.1) is 20.8 Å². The molecule has 0 fully saturated rings. The van der Waals surface area contributed by atoms with Crippen molar-refractivity contribution in [1.82, 2.24) is 5.32 Å². The van der Waals surface area contributed by atoms with Crippen LogP contribution in [0.4, 0.5) is 0 Å². The van der Waals surface area contributed by atoms with Crippen molar-refractivity contribution < 1.29 is 13.2 Å². The molecule has 1 amide bonds. The van der Waals surface area contributed by atoms with Gasteiger partial charge in [-0.15, -0.1) is 0 Å². The Balaban J connectivity index is 2.27.